The summed E-state index contributed by atoms with van der Waals surface area (Å²) in [5, 5.41) is 12.6. The Bertz CT molecular complexity index is 352. The summed E-state index contributed by atoms with van der Waals surface area (Å²) < 4.78 is 0. The highest BCUT2D eigenvalue weighted by Crippen LogP contribution is 2.38. The molecule has 0 aliphatic carbocycles. The van der Waals surface area contributed by atoms with Gasteiger partial charge in [0.2, 0.25) is 5.91 Å². The molecule has 2 rings (SSSR count). The number of carbonyl (C=O) groups excluding carboxylic acids is 1. The molecule has 0 aromatic heterocycles. The standard InChI is InChI=1S/C13H22N2O3/c1-9(2)13(12(17)18)3-4-15(8-13)11(16)5-10-6-14-7-10/h9-10,14H,3-8H2,1-2H3,(H,17,18). The van der Waals surface area contributed by atoms with Crippen LogP contribution in [0.5, 0.6) is 0 Å². The van der Waals surface area contributed by atoms with Gasteiger partial charge in [-0.3, -0.25) is 9.59 Å². The van der Waals surface area contributed by atoms with Crippen LogP contribution >= 0.6 is 0 Å². The Labute approximate surface area is 108 Å². The average Bonchev–Trinajstić information content (AvgIpc) is 2.69. The fraction of sp³-hybridized carbons (Fsp3) is 0.846. The second kappa shape index (κ2) is 4.88. The third-order valence-corrected chi connectivity index (χ3v) is 4.51. The summed E-state index contributed by atoms with van der Waals surface area (Å²) in [4.78, 5) is 25.3. The van der Waals surface area contributed by atoms with Crippen LogP contribution in [0.15, 0.2) is 0 Å². The molecule has 102 valence electrons. The van der Waals surface area contributed by atoms with Gasteiger partial charge in [-0.05, 0) is 31.3 Å². The van der Waals surface area contributed by atoms with Crippen molar-refractivity contribution < 1.29 is 14.7 Å². The largest absolute Gasteiger partial charge is 0.481 e. The number of hydrogen-bond donors (Lipinski definition) is 2. The SMILES string of the molecule is CC(C)C1(C(=O)O)CCN(C(=O)CC2CNC2)C1. The second-order valence-electron chi connectivity index (χ2n) is 5.91. The molecule has 2 aliphatic rings. The number of nitrogens with one attached hydrogen (secondary N) is 1. The van der Waals surface area contributed by atoms with E-state index in [4.69, 9.17) is 0 Å². The Hall–Kier alpha value is -1.10. The van der Waals surface area contributed by atoms with E-state index >= 15 is 0 Å². The van der Waals surface area contributed by atoms with Crippen LogP contribution in [0, 0.1) is 17.3 Å². The van der Waals surface area contributed by atoms with Gasteiger partial charge in [-0.15, -0.1) is 0 Å². The molecule has 0 spiro atoms. The number of carboxylic acid groups (broad SMARTS) is 1. The number of nitrogens with zero attached hydrogens (tertiary/aromatic N) is 1. The number of carboxylic acids is 1. The summed E-state index contributed by atoms with van der Waals surface area (Å²) in [6.45, 7) is 6.64. The van der Waals surface area contributed by atoms with Crippen LogP contribution in [-0.4, -0.2) is 48.1 Å². The van der Waals surface area contributed by atoms with Crippen molar-refractivity contribution in [3.05, 3.63) is 0 Å². The minimum atomic E-state index is -0.766. The molecule has 2 aliphatic heterocycles. The van der Waals surface area contributed by atoms with E-state index in [0.717, 1.165) is 13.1 Å². The van der Waals surface area contributed by atoms with Crippen molar-refractivity contribution in [1.29, 1.82) is 0 Å². The van der Waals surface area contributed by atoms with Crippen LogP contribution < -0.4 is 5.32 Å². The number of aliphatic carboxylic acids is 1. The Morgan fingerprint density at radius 1 is 1.44 bits per heavy atom. The zero-order valence-corrected chi connectivity index (χ0v) is 11.1. The molecule has 0 aromatic carbocycles. The first-order valence-corrected chi connectivity index (χ1v) is 6.67. The maximum Gasteiger partial charge on any atom is 0.311 e. The Morgan fingerprint density at radius 3 is 2.50 bits per heavy atom. The molecule has 2 fully saturated rings. The van der Waals surface area contributed by atoms with E-state index in [1.165, 1.54) is 0 Å². The molecular formula is C13H22N2O3. The van der Waals surface area contributed by atoms with Gasteiger partial charge in [0.05, 0.1) is 5.41 Å². The molecule has 5 heteroatoms. The molecule has 1 unspecified atom stereocenters. The van der Waals surface area contributed by atoms with Crippen molar-refractivity contribution in [1.82, 2.24) is 10.2 Å². The maximum atomic E-state index is 12.1. The van der Waals surface area contributed by atoms with Gasteiger partial charge in [-0.2, -0.15) is 0 Å². The van der Waals surface area contributed by atoms with Crippen molar-refractivity contribution in [2.45, 2.75) is 26.7 Å². The Balaban J connectivity index is 1.97. The van der Waals surface area contributed by atoms with Crippen molar-refractivity contribution in [3.63, 3.8) is 0 Å². The van der Waals surface area contributed by atoms with E-state index in [1.807, 2.05) is 13.8 Å². The molecule has 2 heterocycles. The smallest absolute Gasteiger partial charge is 0.311 e. The Kier molecular flexibility index (Phi) is 3.61. The number of likely N-dealkylation sites (tertiary alicyclic amines) is 1. The lowest BCUT2D eigenvalue weighted by Crippen LogP contribution is -2.46. The number of amides is 1. The van der Waals surface area contributed by atoms with Gasteiger partial charge in [0, 0.05) is 19.5 Å². The molecule has 1 atom stereocenters. The predicted molar refractivity (Wildman–Crippen MR) is 67.1 cm³/mol. The average molecular weight is 254 g/mol. The summed E-state index contributed by atoms with van der Waals surface area (Å²) in [6.07, 6.45) is 1.13. The summed E-state index contributed by atoms with van der Waals surface area (Å²) in [5.74, 6) is -0.155. The fourth-order valence-corrected chi connectivity index (χ4v) is 2.81. The van der Waals surface area contributed by atoms with Crippen LogP contribution in [0.1, 0.15) is 26.7 Å². The molecule has 18 heavy (non-hydrogen) atoms. The molecular weight excluding hydrogens is 232 g/mol. The molecule has 0 bridgehead atoms. The van der Waals surface area contributed by atoms with Gasteiger partial charge in [0.15, 0.2) is 0 Å². The molecule has 2 N–H and O–H groups in total. The molecule has 1 amide bonds. The molecule has 0 radical (unpaired) electrons. The number of rotatable bonds is 4. The predicted octanol–water partition coefficient (Wildman–Crippen LogP) is 0.555. The van der Waals surface area contributed by atoms with Crippen LogP contribution in [-0.2, 0) is 9.59 Å². The number of hydrogen-bond acceptors (Lipinski definition) is 3. The number of carbonyl (C=O) groups is 2. The zero-order chi connectivity index (χ0) is 13.3. The van der Waals surface area contributed by atoms with E-state index in [2.05, 4.69) is 5.32 Å². The van der Waals surface area contributed by atoms with Gasteiger partial charge < -0.3 is 15.3 Å². The Morgan fingerprint density at radius 2 is 2.11 bits per heavy atom. The topological polar surface area (TPSA) is 69.6 Å². The van der Waals surface area contributed by atoms with E-state index in [1.54, 1.807) is 4.90 Å². The van der Waals surface area contributed by atoms with Crippen molar-refractivity contribution >= 4 is 11.9 Å². The van der Waals surface area contributed by atoms with Crippen LogP contribution in [0.3, 0.4) is 0 Å². The highest BCUT2D eigenvalue weighted by atomic mass is 16.4. The third kappa shape index (κ3) is 2.23. The summed E-state index contributed by atoms with van der Waals surface area (Å²) >= 11 is 0. The molecule has 5 nitrogen and oxygen atoms in total. The minimum Gasteiger partial charge on any atom is -0.481 e. The minimum absolute atomic E-state index is 0.0539. The normalized spacial score (nSPS) is 28.5. The highest BCUT2D eigenvalue weighted by Gasteiger charge is 2.48. The lowest BCUT2D eigenvalue weighted by Gasteiger charge is -2.30. The van der Waals surface area contributed by atoms with Crippen LogP contribution in [0.25, 0.3) is 0 Å². The van der Waals surface area contributed by atoms with Gasteiger partial charge in [0.1, 0.15) is 0 Å². The zero-order valence-electron chi connectivity index (χ0n) is 11.1. The summed E-state index contributed by atoms with van der Waals surface area (Å²) in [6, 6.07) is 0. The summed E-state index contributed by atoms with van der Waals surface area (Å²) in [7, 11) is 0. The first kappa shape index (κ1) is 13.3. The van der Waals surface area contributed by atoms with Crippen molar-refractivity contribution in [2.24, 2.45) is 17.3 Å². The second-order valence-corrected chi connectivity index (χ2v) is 5.91. The maximum absolute atomic E-state index is 12.1. The van der Waals surface area contributed by atoms with Crippen molar-refractivity contribution in [2.75, 3.05) is 26.2 Å². The lowest BCUT2D eigenvalue weighted by molar-refractivity contribution is -0.151. The van der Waals surface area contributed by atoms with Gasteiger partial charge in [-0.25, -0.2) is 0 Å². The first-order chi connectivity index (χ1) is 8.45. The van der Waals surface area contributed by atoms with Crippen LogP contribution in [0.4, 0.5) is 0 Å². The van der Waals surface area contributed by atoms with Crippen molar-refractivity contribution in [3.8, 4) is 0 Å². The van der Waals surface area contributed by atoms with Gasteiger partial charge >= 0.3 is 5.97 Å². The monoisotopic (exact) mass is 254 g/mol. The van der Waals surface area contributed by atoms with Gasteiger partial charge in [-0.1, -0.05) is 13.8 Å². The van der Waals surface area contributed by atoms with E-state index in [-0.39, 0.29) is 11.8 Å². The van der Waals surface area contributed by atoms with E-state index in [9.17, 15) is 14.7 Å². The third-order valence-electron chi connectivity index (χ3n) is 4.51. The quantitative estimate of drug-likeness (QED) is 0.769. The fourth-order valence-electron chi connectivity index (χ4n) is 2.81. The summed E-state index contributed by atoms with van der Waals surface area (Å²) in [5.41, 5.74) is -0.743. The van der Waals surface area contributed by atoms with Gasteiger partial charge in [0.25, 0.3) is 0 Å². The molecule has 2 saturated heterocycles. The van der Waals surface area contributed by atoms with Crippen LogP contribution in [0.2, 0.25) is 0 Å². The molecule has 0 saturated carbocycles. The van der Waals surface area contributed by atoms with E-state index in [0.29, 0.717) is 31.8 Å². The first-order valence-electron chi connectivity index (χ1n) is 6.67. The lowest BCUT2D eigenvalue weighted by atomic mass is 9.76. The molecule has 0 aromatic rings. The van der Waals surface area contributed by atoms with E-state index < -0.39 is 11.4 Å². The highest BCUT2D eigenvalue weighted by molar-refractivity contribution is 5.81.